The number of nitrogen functional groups attached to an aromatic ring is 1. The van der Waals surface area contributed by atoms with Crippen molar-refractivity contribution in [2.24, 2.45) is 5.73 Å². The molecule has 2 aromatic heterocycles. The van der Waals surface area contributed by atoms with Crippen LogP contribution in [0.25, 0.3) is 17.0 Å². The molecule has 0 saturated carbocycles. The average molecular weight is 453 g/mol. The fourth-order valence-electron chi connectivity index (χ4n) is 3.94. The molecule has 0 bridgehead atoms. The van der Waals surface area contributed by atoms with Crippen molar-refractivity contribution in [1.29, 1.82) is 0 Å². The van der Waals surface area contributed by atoms with E-state index in [-0.39, 0.29) is 11.1 Å². The first-order chi connectivity index (χ1) is 15.5. The minimum atomic E-state index is -0.511. The van der Waals surface area contributed by atoms with E-state index in [4.69, 9.17) is 23.1 Å². The van der Waals surface area contributed by atoms with Gasteiger partial charge in [0.05, 0.1) is 39.7 Å². The minimum absolute atomic E-state index is 0.0480. The van der Waals surface area contributed by atoms with Crippen LogP contribution in [0.3, 0.4) is 0 Å². The second-order valence-electron chi connectivity index (χ2n) is 7.80. The van der Waals surface area contributed by atoms with Gasteiger partial charge in [0.25, 0.3) is 0 Å². The summed E-state index contributed by atoms with van der Waals surface area (Å²) in [5.41, 5.74) is 16.8. The topological polar surface area (TPSA) is 93.1 Å². The Hall–Kier alpha value is -3.16. The SMILES string of the molecule is CC=C(Nc1cnccc1N1CCC[C@H](N)C1)c1nc(-c2cccc(Cl)c2F)ccc1N. The average Bonchev–Trinajstić information content (AvgIpc) is 2.80. The molecule has 1 aliphatic heterocycles. The van der Waals surface area contributed by atoms with Crippen LogP contribution in [0.4, 0.5) is 21.5 Å². The second-order valence-corrected chi connectivity index (χ2v) is 8.21. The molecule has 8 heteroatoms. The van der Waals surface area contributed by atoms with Gasteiger partial charge in [-0.1, -0.05) is 23.7 Å². The third-order valence-corrected chi connectivity index (χ3v) is 5.86. The number of nitrogens with two attached hydrogens (primary N) is 2. The molecule has 0 radical (unpaired) electrons. The van der Waals surface area contributed by atoms with Crippen molar-refractivity contribution in [3.05, 3.63) is 71.4 Å². The van der Waals surface area contributed by atoms with Crippen molar-refractivity contribution in [2.45, 2.75) is 25.8 Å². The number of pyridine rings is 2. The molecule has 1 aromatic carbocycles. The number of rotatable bonds is 5. The first-order valence-corrected chi connectivity index (χ1v) is 10.9. The highest BCUT2D eigenvalue weighted by Gasteiger charge is 2.20. The summed E-state index contributed by atoms with van der Waals surface area (Å²) in [7, 11) is 0. The van der Waals surface area contributed by atoms with Crippen molar-refractivity contribution < 1.29 is 4.39 Å². The summed E-state index contributed by atoms with van der Waals surface area (Å²) in [4.78, 5) is 11.2. The second kappa shape index (κ2) is 9.54. The highest BCUT2D eigenvalue weighted by molar-refractivity contribution is 6.31. The van der Waals surface area contributed by atoms with E-state index in [2.05, 4.69) is 20.2 Å². The van der Waals surface area contributed by atoms with Gasteiger partial charge in [-0.05, 0) is 50.1 Å². The number of aromatic nitrogens is 2. The molecule has 0 unspecified atom stereocenters. The summed E-state index contributed by atoms with van der Waals surface area (Å²) in [6.45, 7) is 3.61. The van der Waals surface area contributed by atoms with E-state index in [1.165, 1.54) is 6.07 Å². The molecule has 4 rings (SSSR count). The lowest BCUT2D eigenvalue weighted by atomic mass is 10.1. The Kier molecular flexibility index (Phi) is 6.58. The summed E-state index contributed by atoms with van der Waals surface area (Å²) >= 11 is 5.96. The van der Waals surface area contributed by atoms with Crippen molar-refractivity contribution in [3.8, 4) is 11.3 Å². The Bertz CT molecular complexity index is 1150. The molecule has 0 aliphatic carbocycles. The minimum Gasteiger partial charge on any atom is -0.397 e. The summed E-state index contributed by atoms with van der Waals surface area (Å²) in [5, 5.41) is 3.47. The van der Waals surface area contributed by atoms with E-state index in [9.17, 15) is 4.39 Å². The van der Waals surface area contributed by atoms with Gasteiger partial charge >= 0.3 is 0 Å². The number of hydrogen-bond acceptors (Lipinski definition) is 6. The summed E-state index contributed by atoms with van der Waals surface area (Å²) in [6.07, 6.45) is 7.50. The van der Waals surface area contributed by atoms with Gasteiger partial charge in [0.1, 0.15) is 5.69 Å². The maximum atomic E-state index is 14.6. The largest absolute Gasteiger partial charge is 0.397 e. The molecular weight excluding hydrogens is 427 g/mol. The normalized spacial score (nSPS) is 16.8. The maximum absolute atomic E-state index is 14.6. The van der Waals surface area contributed by atoms with Crippen LogP contribution in [0.1, 0.15) is 25.5 Å². The third-order valence-electron chi connectivity index (χ3n) is 5.56. The van der Waals surface area contributed by atoms with Crippen LogP contribution in [0.5, 0.6) is 0 Å². The molecule has 1 atom stereocenters. The Morgan fingerprint density at radius 2 is 2.12 bits per heavy atom. The lowest BCUT2D eigenvalue weighted by Gasteiger charge is -2.34. The Morgan fingerprint density at radius 1 is 1.28 bits per heavy atom. The first-order valence-electron chi connectivity index (χ1n) is 10.6. The van der Waals surface area contributed by atoms with Crippen LogP contribution in [-0.2, 0) is 0 Å². The smallest absolute Gasteiger partial charge is 0.151 e. The molecule has 5 N–H and O–H groups in total. The molecule has 166 valence electrons. The predicted octanol–water partition coefficient (Wildman–Crippen LogP) is 4.92. The standard InChI is InChI=1S/C24H26ClFN6/c1-2-19(30-21-13-29-11-10-22(21)32-12-4-5-15(27)14-32)24-18(28)8-9-20(31-24)16-6-3-7-17(25)23(16)26/h2-3,6-11,13,15,30H,4-5,12,14,27-28H2,1H3/t15-/m0/s1. The fraction of sp³-hybridized carbons (Fsp3) is 0.250. The molecule has 6 nitrogen and oxygen atoms in total. The molecule has 1 fully saturated rings. The van der Waals surface area contributed by atoms with Crippen LogP contribution in [-0.4, -0.2) is 29.1 Å². The number of piperidine rings is 1. The van der Waals surface area contributed by atoms with E-state index < -0.39 is 5.82 Å². The number of nitrogens with one attached hydrogen (secondary N) is 1. The molecule has 1 aliphatic rings. The molecule has 0 amide bonds. The summed E-state index contributed by atoms with van der Waals surface area (Å²) in [5.74, 6) is -0.511. The molecule has 1 saturated heterocycles. The number of anilines is 3. The quantitative estimate of drug-likeness (QED) is 0.508. The third kappa shape index (κ3) is 4.54. The zero-order chi connectivity index (χ0) is 22.7. The van der Waals surface area contributed by atoms with E-state index in [1.807, 2.05) is 19.1 Å². The van der Waals surface area contributed by atoms with Gasteiger partial charge in [0.2, 0.25) is 0 Å². The lowest BCUT2D eigenvalue weighted by molar-refractivity contribution is 0.506. The Morgan fingerprint density at radius 3 is 2.91 bits per heavy atom. The molecule has 32 heavy (non-hydrogen) atoms. The van der Waals surface area contributed by atoms with Gasteiger partial charge in [-0.2, -0.15) is 0 Å². The molecular formula is C24H26ClFN6. The van der Waals surface area contributed by atoms with Gasteiger partial charge in [-0.3, -0.25) is 4.98 Å². The van der Waals surface area contributed by atoms with Crippen LogP contribution < -0.4 is 21.7 Å². The predicted molar refractivity (Wildman–Crippen MR) is 130 cm³/mol. The summed E-state index contributed by atoms with van der Waals surface area (Å²) in [6, 6.07) is 10.4. The number of allylic oxidation sites excluding steroid dienone is 1. The Balaban J connectivity index is 1.68. The van der Waals surface area contributed by atoms with Gasteiger partial charge in [0.15, 0.2) is 5.82 Å². The molecule has 3 heterocycles. The van der Waals surface area contributed by atoms with Crippen molar-refractivity contribution >= 4 is 34.4 Å². The molecule has 0 spiro atoms. The van der Waals surface area contributed by atoms with E-state index in [0.29, 0.717) is 28.3 Å². The highest BCUT2D eigenvalue weighted by atomic mass is 35.5. The maximum Gasteiger partial charge on any atom is 0.151 e. The fourth-order valence-corrected chi connectivity index (χ4v) is 4.11. The summed E-state index contributed by atoms with van der Waals surface area (Å²) < 4.78 is 14.6. The van der Waals surface area contributed by atoms with Crippen molar-refractivity contribution in [3.63, 3.8) is 0 Å². The van der Waals surface area contributed by atoms with Crippen molar-refractivity contribution in [1.82, 2.24) is 9.97 Å². The van der Waals surface area contributed by atoms with Gasteiger partial charge < -0.3 is 21.7 Å². The number of hydrogen-bond donors (Lipinski definition) is 3. The number of nitrogens with zero attached hydrogens (tertiary/aromatic N) is 3. The first kappa shape index (κ1) is 22.0. The van der Waals surface area contributed by atoms with Gasteiger partial charge in [-0.15, -0.1) is 0 Å². The monoisotopic (exact) mass is 452 g/mol. The molecule has 3 aromatic rings. The number of benzene rings is 1. The van der Waals surface area contributed by atoms with Crippen molar-refractivity contribution in [2.75, 3.05) is 29.0 Å². The van der Waals surface area contributed by atoms with Crippen LogP contribution >= 0.6 is 11.6 Å². The van der Waals surface area contributed by atoms with Gasteiger partial charge in [0, 0.05) is 30.9 Å². The van der Waals surface area contributed by atoms with Crippen LogP contribution in [0.15, 0.2) is 54.9 Å². The van der Waals surface area contributed by atoms with Crippen LogP contribution in [0, 0.1) is 5.82 Å². The van der Waals surface area contributed by atoms with E-state index in [1.54, 1.807) is 36.7 Å². The van der Waals surface area contributed by atoms with Gasteiger partial charge in [-0.25, -0.2) is 9.37 Å². The Labute approximate surface area is 192 Å². The van der Waals surface area contributed by atoms with E-state index in [0.717, 1.165) is 37.3 Å². The zero-order valence-electron chi connectivity index (χ0n) is 17.9. The van der Waals surface area contributed by atoms with E-state index >= 15 is 0 Å². The zero-order valence-corrected chi connectivity index (χ0v) is 18.6. The lowest BCUT2D eigenvalue weighted by Crippen LogP contribution is -2.43. The highest BCUT2D eigenvalue weighted by Crippen LogP contribution is 2.33. The van der Waals surface area contributed by atoms with Crippen LogP contribution in [0.2, 0.25) is 5.02 Å². The number of halogens is 2.